The van der Waals surface area contributed by atoms with E-state index in [4.69, 9.17) is 4.74 Å². The molecule has 2 atom stereocenters. The zero-order chi connectivity index (χ0) is 14.5. The molecule has 2 rings (SSSR count). The van der Waals surface area contributed by atoms with Crippen molar-refractivity contribution in [1.82, 2.24) is 10.6 Å². The molecule has 1 aromatic carbocycles. The molecule has 0 spiro atoms. The van der Waals surface area contributed by atoms with E-state index in [-0.39, 0.29) is 30.3 Å². The van der Waals surface area contributed by atoms with Gasteiger partial charge in [-0.25, -0.2) is 0 Å². The van der Waals surface area contributed by atoms with Gasteiger partial charge in [-0.15, -0.1) is 12.4 Å². The minimum atomic E-state index is 0. The molecule has 2 N–H and O–H groups in total. The van der Waals surface area contributed by atoms with Gasteiger partial charge in [0.05, 0.1) is 12.0 Å². The standard InChI is InChI=1S/C16H24N2O2.ClH/c1-11-5-4-6-12(2)15(11)20-10-13(3)18-16(19)14-7-8-17-9-14;/h4-6,13-14,17H,7-10H2,1-3H3,(H,18,19);1H. The summed E-state index contributed by atoms with van der Waals surface area (Å²) < 4.78 is 5.86. The van der Waals surface area contributed by atoms with Crippen LogP contribution in [0.3, 0.4) is 0 Å². The summed E-state index contributed by atoms with van der Waals surface area (Å²) >= 11 is 0. The smallest absolute Gasteiger partial charge is 0.224 e. The number of amides is 1. The van der Waals surface area contributed by atoms with E-state index < -0.39 is 0 Å². The SMILES string of the molecule is Cc1cccc(C)c1OCC(C)NC(=O)C1CCNC1.Cl. The number of aryl methyl sites for hydroxylation is 2. The molecule has 1 amide bonds. The first-order valence-corrected chi connectivity index (χ1v) is 7.28. The number of para-hydroxylation sites is 1. The monoisotopic (exact) mass is 312 g/mol. The Hall–Kier alpha value is -1.26. The molecular weight excluding hydrogens is 288 g/mol. The summed E-state index contributed by atoms with van der Waals surface area (Å²) in [5.74, 6) is 1.17. The van der Waals surface area contributed by atoms with Crippen LogP contribution in [0.5, 0.6) is 5.75 Å². The number of ether oxygens (including phenoxy) is 1. The highest BCUT2D eigenvalue weighted by molar-refractivity contribution is 5.85. The molecule has 0 saturated carbocycles. The van der Waals surface area contributed by atoms with Gasteiger partial charge in [-0.3, -0.25) is 4.79 Å². The molecule has 1 fully saturated rings. The van der Waals surface area contributed by atoms with E-state index in [0.717, 1.165) is 36.4 Å². The first-order chi connectivity index (χ1) is 9.58. The average molecular weight is 313 g/mol. The Morgan fingerprint density at radius 2 is 2.10 bits per heavy atom. The summed E-state index contributed by atoms with van der Waals surface area (Å²) in [7, 11) is 0. The second kappa shape index (κ2) is 8.25. The minimum absolute atomic E-state index is 0. The van der Waals surface area contributed by atoms with Gasteiger partial charge >= 0.3 is 0 Å². The molecule has 0 radical (unpaired) electrons. The highest BCUT2D eigenvalue weighted by Gasteiger charge is 2.23. The molecule has 0 bridgehead atoms. The topological polar surface area (TPSA) is 50.4 Å². The summed E-state index contributed by atoms with van der Waals surface area (Å²) in [6.45, 7) is 8.28. The third-order valence-corrected chi connectivity index (χ3v) is 3.71. The predicted octanol–water partition coefficient (Wildman–Crippen LogP) is 2.22. The number of hydrogen-bond acceptors (Lipinski definition) is 3. The van der Waals surface area contributed by atoms with Crippen LogP contribution >= 0.6 is 12.4 Å². The van der Waals surface area contributed by atoms with Gasteiger partial charge in [0, 0.05) is 6.54 Å². The van der Waals surface area contributed by atoms with Crippen molar-refractivity contribution in [2.45, 2.75) is 33.2 Å². The molecule has 1 heterocycles. The summed E-state index contributed by atoms with van der Waals surface area (Å²) in [6.07, 6.45) is 0.927. The van der Waals surface area contributed by atoms with Crippen molar-refractivity contribution in [1.29, 1.82) is 0 Å². The molecular formula is C16H25ClN2O2. The molecule has 1 saturated heterocycles. The normalized spacial score (nSPS) is 18.7. The van der Waals surface area contributed by atoms with E-state index in [2.05, 4.69) is 10.6 Å². The fourth-order valence-electron chi connectivity index (χ4n) is 2.52. The first kappa shape index (κ1) is 17.8. The second-order valence-corrected chi connectivity index (χ2v) is 5.63. The molecule has 2 unspecified atom stereocenters. The fourth-order valence-corrected chi connectivity index (χ4v) is 2.52. The maximum atomic E-state index is 12.0. The van der Waals surface area contributed by atoms with Gasteiger partial charge in [0.1, 0.15) is 12.4 Å². The summed E-state index contributed by atoms with van der Waals surface area (Å²) in [6, 6.07) is 6.11. The van der Waals surface area contributed by atoms with Crippen LogP contribution in [0.1, 0.15) is 24.5 Å². The van der Waals surface area contributed by atoms with E-state index in [1.54, 1.807) is 0 Å². The van der Waals surface area contributed by atoms with E-state index in [1.165, 1.54) is 0 Å². The lowest BCUT2D eigenvalue weighted by molar-refractivity contribution is -0.125. The number of carbonyl (C=O) groups is 1. The van der Waals surface area contributed by atoms with Crippen molar-refractivity contribution in [2.75, 3.05) is 19.7 Å². The van der Waals surface area contributed by atoms with Gasteiger partial charge in [0.2, 0.25) is 5.91 Å². The molecule has 4 nitrogen and oxygen atoms in total. The van der Waals surface area contributed by atoms with E-state index in [1.807, 2.05) is 39.0 Å². The van der Waals surface area contributed by atoms with Gasteiger partial charge < -0.3 is 15.4 Å². The van der Waals surface area contributed by atoms with Crippen molar-refractivity contribution >= 4 is 18.3 Å². The highest BCUT2D eigenvalue weighted by atomic mass is 35.5. The average Bonchev–Trinajstić information content (AvgIpc) is 2.92. The van der Waals surface area contributed by atoms with Crippen LogP contribution in [-0.2, 0) is 4.79 Å². The highest BCUT2D eigenvalue weighted by Crippen LogP contribution is 2.22. The Kier molecular flexibility index (Phi) is 6.99. The Labute approximate surface area is 133 Å². The van der Waals surface area contributed by atoms with Crippen LogP contribution in [-0.4, -0.2) is 31.6 Å². The first-order valence-electron chi connectivity index (χ1n) is 7.28. The van der Waals surface area contributed by atoms with Crippen LogP contribution in [0, 0.1) is 19.8 Å². The summed E-state index contributed by atoms with van der Waals surface area (Å²) in [5, 5.41) is 6.23. The lowest BCUT2D eigenvalue weighted by Gasteiger charge is -2.19. The largest absolute Gasteiger partial charge is 0.491 e. The van der Waals surface area contributed by atoms with E-state index in [9.17, 15) is 4.79 Å². The Balaban J connectivity index is 0.00000220. The zero-order valence-corrected chi connectivity index (χ0v) is 13.8. The zero-order valence-electron chi connectivity index (χ0n) is 12.9. The van der Waals surface area contributed by atoms with Crippen molar-refractivity contribution in [3.63, 3.8) is 0 Å². The van der Waals surface area contributed by atoms with Crippen molar-refractivity contribution < 1.29 is 9.53 Å². The van der Waals surface area contributed by atoms with Crippen LogP contribution < -0.4 is 15.4 Å². The number of carbonyl (C=O) groups excluding carboxylic acids is 1. The number of hydrogen-bond donors (Lipinski definition) is 2. The van der Waals surface area contributed by atoms with Gasteiger partial charge in [-0.05, 0) is 44.9 Å². The quantitative estimate of drug-likeness (QED) is 0.876. The molecule has 0 aromatic heterocycles. The van der Waals surface area contributed by atoms with Crippen LogP contribution in [0.25, 0.3) is 0 Å². The third kappa shape index (κ3) is 4.90. The van der Waals surface area contributed by atoms with Crippen molar-refractivity contribution in [3.8, 4) is 5.75 Å². The lowest BCUT2D eigenvalue weighted by Crippen LogP contribution is -2.41. The van der Waals surface area contributed by atoms with Crippen molar-refractivity contribution in [3.05, 3.63) is 29.3 Å². The molecule has 1 aliphatic heterocycles. The number of halogens is 1. The Morgan fingerprint density at radius 1 is 1.43 bits per heavy atom. The number of nitrogens with one attached hydrogen (secondary N) is 2. The van der Waals surface area contributed by atoms with E-state index in [0.29, 0.717) is 6.61 Å². The van der Waals surface area contributed by atoms with Gasteiger partial charge in [0.15, 0.2) is 0 Å². The molecule has 5 heteroatoms. The molecule has 118 valence electrons. The number of benzene rings is 1. The Morgan fingerprint density at radius 3 is 2.67 bits per heavy atom. The fraction of sp³-hybridized carbons (Fsp3) is 0.562. The maximum absolute atomic E-state index is 12.0. The predicted molar refractivity (Wildman–Crippen MR) is 87.2 cm³/mol. The lowest BCUT2D eigenvalue weighted by atomic mass is 10.1. The third-order valence-electron chi connectivity index (χ3n) is 3.71. The number of rotatable bonds is 5. The van der Waals surface area contributed by atoms with E-state index >= 15 is 0 Å². The molecule has 0 aliphatic carbocycles. The summed E-state index contributed by atoms with van der Waals surface area (Å²) in [5.41, 5.74) is 2.26. The molecule has 21 heavy (non-hydrogen) atoms. The minimum Gasteiger partial charge on any atom is -0.491 e. The van der Waals surface area contributed by atoms with Gasteiger partial charge in [-0.1, -0.05) is 18.2 Å². The van der Waals surface area contributed by atoms with Gasteiger partial charge in [-0.2, -0.15) is 0 Å². The van der Waals surface area contributed by atoms with Crippen LogP contribution in [0.4, 0.5) is 0 Å². The maximum Gasteiger partial charge on any atom is 0.224 e. The second-order valence-electron chi connectivity index (χ2n) is 5.63. The molecule has 1 aromatic rings. The van der Waals surface area contributed by atoms with Gasteiger partial charge in [0.25, 0.3) is 0 Å². The van der Waals surface area contributed by atoms with Crippen LogP contribution in [0.2, 0.25) is 0 Å². The van der Waals surface area contributed by atoms with Crippen LogP contribution in [0.15, 0.2) is 18.2 Å². The van der Waals surface area contributed by atoms with Crippen molar-refractivity contribution in [2.24, 2.45) is 5.92 Å². The Bertz CT molecular complexity index is 453. The molecule has 1 aliphatic rings. The summed E-state index contributed by atoms with van der Waals surface area (Å²) in [4.78, 5) is 12.0.